The second kappa shape index (κ2) is 5.49. The fourth-order valence-electron chi connectivity index (χ4n) is 1.94. The molecule has 2 unspecified atom stereocenters. The molecule has 0 saturated heterocycles. The van der Waals surface area contributed by atoms with Crippen molar-refractivity contribution in [1.82, 2.24) is 5.32 Å². The van der Waals surface area contributed by atoms with E-state index < -0.39 is 0 Å². The van der Waals surface area contributed by atoms with Crippen LogP contribution in [0.25, 0.3) is 0 Å². The minimum Gasteiger partial charge on any atom is -0.392 e. The first kappa shape index (κ1) is 11.7. The number of rotatable bonds is 4. The van der Waals surface area contributed by atoms with Crippen LogP contribution in [-0.2, 0) is 4.74 Å². The molecule has 0 saturated carbocycles. The van der Waals surface area contributed by atoms with Gasteiger partial charge in [-0.1, -0.05) is 12.5 Å². The Balaban J connectivity index is 2.74. The molecule has 2 atom stereocenters. The van der Waals surface area contributed by atoms with Crippen LogP contribution in [-0.4, -0.2) is 37.5 Å². The van der Waals surface area contributed by atoms with E-state index >= 15 is 0 Å². The van der Waals surface area contributed by atoms with Crippen molar-refractivity contribution in [1.29, 1.82) is 0 Å². The number of aliphatic hydroxyl groups is 1. The molecule has 0 bridgehead atoms. The molecular weight excluding hydrogens is 178 g/mol. The van der Waals surface area contributed by atoms with Crippen molar-refractivity contribution in [3.05, 3.63) is 11.1 Å². The van der Waals surface area contributed by atoms with Crippen molar-refractivity contribution in [3.63, 3.8) is 0 Å². The molecule has 3 heteroatoms. The van der Waals surface area contributed by atoms with E-state index in [9.17, 15) is 5.11 Å². The molecule has 3 nitrogen and oxygen atoms in total. The molecule has 0 aromatic carbocycles. The predicted octanol–water partition coefficient (Wildman–Crippen LogP) is 1.08. The third-order valence-corrected chi connectivity index (χ3v) is 2.84. The quantitative estimate of drug-likeness (QED) is 0.666. The van der Waals surface area contributed by atoms with Gasteiger partial charge < -0.3 is 15.2 Å². The third-order valence-electron chi connectivity index (χ3n) is 2.84. The highest BCUT2D eigenvalue weighted by Crippen LogP contribution is 2.26. The molecule has 2 N–H and O–H groups in total. The lowest BCUT2D eigenvalue weighted by atomic mass is 9.95. The minimum absolute atomic E-state index is 0.0590. The normalized spacial score (nSPS) is 28.3. The number of ether oxygens (including phenoxy) is 1. The molecule has 1 aliphatic rings. The third kappa shape index (κ3) is 2.56. The summed E-state index contributed by atoms with van der Waals surface area (Å²) in [6, 6.07) is 0. The molecule has 0 aromatic heterocycles. The Bertz CT molecular complexity index is 213. The van der Waals surface area contributed by atoms with Crippen LogP contribution in [0.2, 0.25) is 0 Å². The number of nitrogens with one attached hydrogen (secondary N) is 1. The monoisotopic (exact) mass is 199 g/mol. The molecule has 0 amide bonds. The zero-order chi connectivity index (χ0) is 10.6. The first-order valence-corrected chi connectivity index (χ1v) is 5.32. The molecule has 1 heterocycles. The lowest BCUT2D eigenvalue weighted by molar-refractivity contribution is -0.00972. The van der Waals surface area contributed by atoms with Crippen LogP contribution >= 0.6 is 0 Å². The van der Waals surface area contributed by atoms with E-state index in [0.717, 1.165) is 25.0 Å². The van der Waals surface area contributed by atoms with Gasteiger partial charge in [0.1, 0.15) is 0 Å². The van der Waals surface area contributed by atoms with Gasteiger partial charge in [-0.2, -0.15) is 0 Å². The summed E-state index contributed by atoms with van der Waals surface area (Å²) in [4.78, 5) is 0. The van der Waals surface area contributed by atoms with Crippen LogP contribution in [0, 0.1) is 0 Å². The van der Waals surface area contributed by atoms with Crippen molar-refractivity contribution < 1.29 is 9.84 Å². The van der Waals surface area contributed by atoms with E-state index in [4.69, 9.17) is 4.74 Å². The van der Waals surface area contributed by atoms with Crippen molar-refractivity contribution in [2.75, 3.05) is 20.2 Å². The van der Waals surface area contributed by atoms with E-state index in [1.54, 1.807) is 0 Å². The van der Waals surface area contributed by atoms with Gasteiger partial charge in [0.05, 0.1) is 18.8 Å². The zero-order valence-corrected chi connectivity index (χ0v) is 9.34. The van der Waals surface area contributed by atoms with E-state index in [2.05, 4.69) is 19.2 Å². The van der Waals surface area contributed by atoms with E-state index in [0.29, 0.717) is 6.10 Å². The maximum Gasteiger partial charge on any atom is 0.0937 e. The largest absolute Gasteiger partial charge is 0.392 e. The number of hydrogen-bond donors (Lipinski definition) is 2. The van der Waals surface area contributed by atoms with Crippen LogP contribution in [0.15, 0.2) is 11.1 Å². The molecule has 0 aromatic rings. The Hall–Kier alpha value is -0.380. The minimum atomic E-state index is 0.0590. The first-order valence-electron chi connectivity index (χ1n) is 5.32. The van der Waals surface area contributed by atoms with Crippen molar-refractivity contribution in [2.24, 2.45) is 0 Å². The van der Waals surface area contributed by atoms with E-state index in [1.807, 2.05) is 7.05 Å². The second-order valence-corrected chi connectivity index (χ2v) is 3.88. The van der Waals surface area contributed by atoms with Gasteiger partial charge in [0.2, 0.25) is 0 Å². The predicted molar refractivity (Wildman–Crippen MR) is 57.3 cm³/mol. The van der Waals surface area contributed by atoms with Gasteiger partial charge in [0.15, 0.2) is 0 Å². The molecule has 0 aliphatic carbocycles. The SMILES string of the molecule is CCC1CC(C)=C(CO)C(CNC)O1. The summed E-state index contributed by atoms with van der Waals surface area (Å²) >= 11 is 0. The van der Waals surface area contributed by atoms with Crippen LogP contribution in [0.4, 0.5) is 0 Å². The molecular formula is C11H21NO2. The lowest BCUT2D eigenvalue weighted by Gasteiger charge is -2.32. The fraction of sp³-hybridized carbons (Fsp3) is 0.818. The molecule has 14 heavy (non-hydrogen) atoms. The standard InChI is InChI=1S/C11H21NO2/c1-4-9-5-8(2)10(7-13)11(14-9)6-12-3/h9,11-13H,4-7H2,1-3H3. The number of likely N-dealkylation sites (N-methyl/N-ethyl adjacent to an activating group) is 1. The first-order chi connectivity index (χ1) is 6.72. The summed E-state index contributed by atoms with van der Waals surface area (Å²) in [6.07, 6.45) is 2.38. The maximum absolute atomic E-state index is 9.25. The summed E-state index contributed by atoms with van der Waals surface area (Å²) in [5.41, 5.74) is 2.36. The second-order valence-electron chi connectivity index (χ2n) is 3.88. The van der Waals surface area contributed by atoms with Gasteiger partial charge in [0.25, 0.3) is 0 Å². The average molecular weight is 199 g/mol. The Morgan fingerprint density at radius 2 is 2.29 bits per heavy atom. The zero-order valence-electron chi connectivity index (χ0n) is 9.34. The van der Waals surface area contributed by atoms with Gasteiger partial charge in [-0.3, -0.25) is 0 Å². The molecule has 82 valence electrons. The maximum atomic E-state index is 9.25. The lowest BCUT2D eigenvalue weighted by Crippen LogP contribution is -2.37. The molecule has 0 fully saturated rings. The Labute approximate surface area is 86.2 Å². The summed E-state index contributed by atoms with van der Waals surface area (Å²) in [5.74, 6) is 0. The molecule has 0 spiro atoms. The van der Waals surface area contributed by atoms with Gasteiger partial charge in [-0.15, -0.1) is 0 Å². The van der Waals surface area contributed by atoms with Crippen LogP contribution in [0.3, 0.4) is 0 Å². The molecule has 1 aliphatic heterocycles. The fourth-order valence-corrected chi connectivity index (χ4v) is 1.94. The van der Waals surface area contributed by atoms with Crippen molar-refractivity contribution in [3.8, 4) is 0 Å². The van der Waals surface area contributed by atoms with E-state index in [1.165, 1.54) is 5.57 Å². The van der Waals surface area contributed by atoms with Gasteiger partial charge >= 0.3 is 0 Å². The van der Waals surface area contributed by atoms with Crippen LogP contribution in [0.1, 0.15) is 26.7 Å². The summed E-state index contributed by atoms with van der Waals surface area (Å²) in [5, 5.41) is 12.3. The van der Waals surface area contributed by atoms with Gasteiger partial charge in [-0.25, -0.2) is 0 Å². The highest BCUT2D eigenvalue weighted by atomic mass is 16.5. The van der Waals surface area contributed by atoms with Crippen LogP contribution < -0.4 is 5.32 Å². The average Bonchev–Trinajstić information content (AvgIpc) is 2.18. The Kier molecular flexibility index (Phi) is 4.58. The Morgan fingerprint density at radius 1 is 1.57 bits per heavy atom. The smallest absolute Gasteiger partial charge is 0.0937 e. The highest BCUT2D eigenvalue weighted by Gasteiger charge is 2.25. The molecule has 0 radical (unpaired) electrons. The Morgan fingerprint density at radius 3 is 2.79 bits per heavy atom. The topological polar surface area (TPSA) is 41.5 Å². The summed E-state index contributed by atoms with van der Waals surface area (Å²) in [7, 11) is 1.91. The van der Waals surface area contributed by atoms with Gasteiger partial charge in [0, 0.05) is 6.54 Å². The summed E-state index contributed by atoms with van der Waals surface area (Å²) in [6.45, 7) is 5.13. The number of hydrogen-bond acceptors (Lipinski definition) is 3. The van der Waals surface area contributed by atoms with Gasteiger partial charge in [-0.05, 0) is 32.4 Å². The number of aliphatic hydroxyl groups excluding tert-OH is 1. The summed E-state index contributed by atoms with van der Waals surface area (Å²) < 4.78 is 5.87. The van der Waals surface area contributed by atoms with Crippen molar-refractivity contribution in [2.45, 2.75) is 38.9 Å². The van der Waals surface area contributed by atoms with Crippen molar-refractivity contribution >= 4 is 0 Å². The highest BCUT2D eigenvalue weighted by molar-refractivity contribution is 5.21. The molecule has 1 rings (SSSR count). The van der Waals surface area contributed by atoms with E-state index in [-0.39, 0.29) is 12.7 Å². The van der Waals surface area contributed by atoms with Crippen LogP contribution in [0.5, 0.6) is 0 Å².